The summed E-state index contributed by atoms with van der Waals surface area (Å²) in [5.74, 6) is -6.93. The van der Waals surface area contributed by atoms with Crippen LogP contribution in [0, 0.1) is 41.4 Å². The lowest BCUT2D eigenvalue weighted by Crippen LogP contribution is -2.31. The van der Waals surface area contributed by atoms with Gasteiger partial charge in [0.2, 0.25) is 17.1 Å². The van der Waals surface area contributed by atoms with Gasteiger partial charge in [0.05, 0.1) is 0 Å². The summed E-state index contributed by atoms with van der Waals surface area (Å²) < 4.78 is 117. The summed E-state index contributed by atoms with van der Waals surface area (Å²) in [7, 11) is 5.84. The van der Waals surface area contributed by atoms with E-state index in [-0.39, 0.29) is 11.1 Å². The van der Waals surface area contributed by atoms with Gasteiger partial charge >= 0.3 is 0 Å². The third-order valence-corrected chi connectivity index (χ3v) is 23.9. The predicted molar refractivity (Wildman–Crippen MR) is 454 cm³/mol. The van der Waals surface area contributed by atoms with E-state index in [1.807, 2.05) is 242 Å². The minimum absolute atomic E-state index is 0.258. The summed E-state index contributed by atoms with van der Waals surface area (Å²) in [5.41, 5.74) is 33.3. The largest absolute Gasteiger partial charge is 0.213 e. The van der Waals surface area contributed by atoms with Crippen molar-refractivity contribution in [1.29, 1.82) is 0 Å². The Morgan fingerprint density at radius 1 is 0.216 bits per heavy atom. The number of hydrogen-bond acceptors (Lipinski definition) is 0. The maximum atomic E-state index is 10.2. The Hall–Kier alpha value is -12.7. The zero-order valence-corrected chi connectivity index (χ0v) is 63.1. The van der Waals surface area contributed by atoms with Gasteiger partial charge in [-0.05, 0) is 251 Å². The van der Waals surface area contributed by atoms with Crippen LogP contribution in [0.5, 0.6) is 0 Å². The summed E-state index contributed by atoms with van der Waals surface area (Å²) in [6.45, 7) is 3.57. The molecule has 0 radical (unpaired) electrons. The molecule has 9 aliphatic rings. The second-order valence-corrected chi connectivity index (χ2v) is 30.4. The van der Waals surface area contributed by atoms with Gasteiger partial charge in [0.25, 0.3) is 0 Å². The Bertz CT molecular complexity index is 7050. The second kappa shape index (κ2) is 26.9. The van der Waals surface area contributed by atoms with E-state index in [1.54, 1.807) is 12.4 Å². The van der Waals surface area contributed by atoms with Crippen molar-refractivity contribution >= 4 is 0 Å². The van der Waals surface area contributed by atoms with Crippen LogP contribution in [0.3, 0.4) is 0 Å². The SMILES string of the molecule is [2H]C([2H])([2H])c1c[n+](C)c(-c2ccccc2C)cc1-c1cc(C)c2c(c1)C1([2H])c3ccccc3C2([2H])c2ccccc21.[2H]C([2H])([2H])c1c[n+](C)c(-c2ccccc2C)cc1-c1ccc2c(c1)C1([2H])c3ccccc3C2([2H])c2ccccc21.[2H]C12c3ccccc3C([2H])(c3ccc(-c4ccccc4)cc31)c1cc(-c3cc[n+](C)c(-c4ccccc4C)c3)ccc12. The standard InChI is InChI=1S/C39H30N.C35H30N.C34H28N/c1-25-10-6-7-13-30(25)37-24-29(20-21-40(37)2)28-17-19-34-36(23-28)39-32-15-9-8-14-31(32)38(34)35-22-27(16-18-33(35)39)26-11-4-3-5-12-26;1-21-11-5-6-12-25(21)32-19-30(23(3)20-36(32)4)24-17-22(2)33-31(18-24)34-26-13-7-9-15-28(26)35(33)29-16-10-8-14-27(29)34;1-21-10-4-5-11-24(21)32-19-30(22(2)20-35(32)3)23-16-17-29-31(18-23)34-27-14-8-6-12-25(27)33(29)26-13-7-9-15-28(26)34/h3-24,38-39H,1-2H3;5-20,34-35H,1-4H3;4-20,33-34H,1-3H3/q3*+1/i38D,39D;3D3,34D,35D;2D3,33D,34D. The lowest BCUT2D eigenvalue weighted by Gasteiger charge is -2.43. The van der Waals surface area contributed by atoms with Crippen molar-refractivity contribution in [2.45, 2.75) is 76.8 Å². The van der Waals surface area contributed by atoms with Crippen LogP contribution in [0.2, 0.25) is 0 Å². The molecule has 3 aromatic heterocycles. The molecule has 0 N–H and O–H groups in total. The van der Waals surface area contributed by atoms with Crippen molar-refractivity contribution in [2.75, 3.05) is 0 Å². The van der Waals surface area contributed by atoms with E-state index in [9.17, 15) is 8.22 Å². The Morgan fingerprint density at radius 2 is 0.523 bits per heavy atom. The highest BCUT2D eigenvalue weighted by atomic mass is 14.9. The van der Waals surface area contributed by atoms with Gasteiger partial charge in [-0.25, -0.2) is 13.7 Å². The fourth-order valence-corrected chi connectivity index (χ4v) is 18.6. The van der Waals surface area contributed by atoms with Gasteiger partial charge in [-0.1, -0.05) is 249 Å². The van der Waals surface area contributed by atoms with Gasteiger partial charge in [0, 0.05) is 104 Å². The van der Waals surface area contributed by atoms with Crippen LogP contribution < -0.4 is 13.7 Å². The fourth-order valence-electron chi connectivity index (χ4n) is 18.6. The molecule has 3 nitrogen and oxygen atoms in total. The van der Waals surface area contributed by atoms with Crippen molar-refractivity contribution in [2.24, 2.45) is 21.1 Å². The summed E-state index contributed by atoms with van der Waals surface area (Å²) in [6, 6.07) is 105. The smallest absolute Gasteiger partial charge is 0.201 e. The molecule has 0 fully saturated rings. The average Bonchev–Trinajstić information content (AvgIpc) is 0.670. The number of nitrogens with zero attached hydrogens (tertiary/aromatic N) is 3. The van der Waals surface area contributed by atoms with Crippen LogP contribution in [0.25, 0.3) is 78.3 Å². The van der Waals surface area contributed by atoms with E-state index >= 15 is 0 Å². The van der Waals surface area contributed by atoms with Gasteiger partial charge in [-0.2, -0.15) is 0 Å². The van der Waals surface area contributed by atoms with E-state index in [0.29, 0.717) is 11.1 Å². The van der Waals surface area contributed by atoms with Crippen molar-refractivity contribution in [3.8, 4) is 78.3 Å². The van der Waals surface area contributed by atoms with Crippen LogP contribution in [-0.4, -0.2) is 0 Å². The van der Waals surface area contributed by atoms with Crippen LogP contribution >= 0.6 is 0 Å². The molecule has 111 heavy (non-hydrogen) atoms. The Labute approximate surface area is 670 Å². The second-order valence-electron chi connectivity index (χ2n) is 30.4. The highest BCUT2D eigenvalue weighted by Gasteiger charge is 2.45. The quantitative estimate of drug-likeness (QED) is 0.141. The number of rotatable bonds is 7. The third-order valence-electron chi connectivity index (χ3n) is 23.9. The summed E-state index contributed by atoms with van der Waals surface area (Å²) in [5, 5.41) is 0. The predicted octanol–water partition coefficient (Wildman–Crippen LogP) is 24.0. The highest BCUT2D eigenvalue weighted by molar-refractivity contribution is 5.82. The van der Waals surface area contributed by atoms with Gasteiger partial charge in [-0.15, -0.1) is 0 Å². The molecular formula is C108H88N3+3. The first kappa shape index (κ1) is 55.7. The Morgan fingerprint density at radius 3 is 0.937 bits per heavy atom. The van der Waals surface area contributed by atoms with Crippen molar-refractivity contribution in [3.63, 3.8) is 0 Å². The number of hydrogen-bond donors (Lipinski definition) is 0. The van der Waals surface area contributed by atoms with E-state index in [1.165, 1.54) is 11.1 Å². The summed E-state index contributed by atoms with van der Waals surface area (Å²) in [4.78, 5) is 0. The minimum atomic E-state index is -2.34. The molecule has 25 rings (SSSR count). The summed E-state index contributed by atoms with van der Waals surface area (Å²) in [6.07, 6.45) is 5.54. The van der Waals surface area contributed by atoms with Crippen LogP contribution in [0.15, 0.2) is 334 Å². The van der Waals surface area contributed by atoms with Crippen LogP contribution in [0.4, 0.5) is 0 Å². The zero-order valence-electron chi connectivity index (χ0n) is 75.1. The third kappa shape index (κ3) is 11.0. The first-order valence-electron chi connectivity index (χ1n) is 44.4. The Balaban J connectivity index is 0.000000117. The molecule has 0 saturated heterocycles. The molecule has 2 unspecified atom stereocenters. The van der Waals surface area contributed by atoms with Gasteiger partial charge in [0.1, 0.15) is 21.1 Å². The zero-order chi connectivity index (χ0) is 85.6. The number of pyridine rings is 3. The van der Waals surface area contributed by atoms with Crippen LogP contribution in [-0.2, 0) is 21.1 Å². The fraction of sp³-hybridized carbons (Fsp3) is 0.139. The minimum Gasteiger partial charge on any atom is -0.201 e. The molecule has 0 aliphatic heterocycles. The maximum absolute atomic E-state index is 10.2. The normalized spacial score (nSPS) is 22.5. The molecule has 0 saturated carbocycles. The summed E-state index contributed by atoms with van der Waals surface area (Å²) >= 11 is 0. The van der Waals surface area contributed by atoms with Gasteiger partial charge < -0.3 is 0 Å². The van der Waals surface area contributed by atoms with Crippen molar-refractivity contribution < 1.29 is 30.2 Å². The van der Waals surface area contributed by atoms with Gasteiger partial charge in [0.15, 0.2) is 18.6 Å². The molecule has 2 atom stereocenters. The first-order chi connectivity index (χ1) is 58.9. The molecule has 9 aliphatic carbocycles. The van der Waals surface area contributed by atoms with Crippen molar-refractivity contribution in [3.05, 3.63) is 468 Å². The van der Waals surface area contributed by atoms with E-state index in [2.05, 4.69) is 142 Å². The molecular weight excluding hydrogens is 1340 g/mol. The van der Waals surface area contributed by atoms with E-state index in [0.717, 1.165) is 178 Å². The topological polar surface area (TPSA) is 11.6 Å². The van der Waals surface area contributed by atoms with Crippen molar-refractivity contribution in [1.82, 2.24) is 0 Å². The van der Waals surface area contributed by atoms with E-state index < -0.39 is 49.1 Å². The first-order valence-corrected chi connectivity index (χ1v) is 38.4. The van der Waals surface area contributed by atoms with Crippen LogP contribution in [0.1, 0.15) is 185 Å². The number of aromatic nitrogens is 3. The average molecular weight is 1440 g/mol. The number of benzene rings is 13. The molecule has 16 aromatic rings. The lowest BCUT2D eigenvalue weighted by molar-refractivity contribution is -0.660. The monoisotopic (exact) mass is 1440 g/mol. The molecule has 6 bridgehead atoms. The molecule has 3 heteroatoms. The molecule has 13 aromatic carbocycles. The van der Waals surface area contributed by atoms with Gasteiger partial charge in [-0.3, -0.25) is 0 Å². The maximum Gasteiger partial charge on any atom is 0.213 e. The molecule has 532 valence electrons. The number of aryl methyl sites for hydroxylation is 9. The highest BCUT2D eigenvalue weighted by Crippen LogP contribution is 2.60. The lowest BCUT2D eigenvalue weighted by atomic mass is 9.60. The molecule has 3 heterocycles. The van der Waals surface area contributed by atoms with E-state index in [4.69, 9.17) is 8.22 Å². The molecule has 0 spiro atoms. The Kier molecular flexibility index (Phi) is 13.5. The molecule has 0 amide bonds.